The van der Waals surface area contributed by atoms with Gasteiger partial charge in [-0.3, -0.25) is 4.68 Å². The lowest BCUT2D eigenvalue weighted by molar-refractivity contribution is 0.291. The van der Waals surface area contributed by atoms with Gasteiger partial charge in [-0.25, -0.2) is 4.98 Å². The van der Waals surface area contributed by atoms with Crippen molar-refractivity contribution in [1.82, 2.24) is 24.6 Å². The van der Waals surface area contributed by atoms with Gasteiger partial charge in [0.1, 0.15) is 18.2 Å². The number of ether oxygens (including phenoxy) is 1. The molecule has 0 amide bonds. The first-order chi connectivity index (χ1) is 12.1. The molecule has 0 radical (unpaired) electrons. The summed E-state index contributed by atoms with van der Waals surface area (Å²) in [6, 6.07) is 10.8. The lowest BCUT2D eigenvalue weighted by Crippen LogP contribution is -2.33. The van der Waals surface area contributed by atoms with Gasteiger partial charge in [0.2, 0.25) is 0 Å². The number of rotatable bonds is 8. The van der Waals surface area contributed by atoms with E-state index in [2.05, 4.69) is 41.4 Å². The molecule has 132 valence electrons. The Morgan fingerprint density at radius 2 is 1.92 bits per heavy atom. The van der Waals surface area contributed by atoms with Crippen LogP contribution >= 0.6 is 0 Å². The zero-order chi connectivity index (χ0) is 17.6. The van der Waals surface area contributed by atoms with E-state index < -0.39 is 0 Å². The molecule has 2 heterocycles. The summed E-state index contributed by atoms with van der Waals surface area (Å²) >= 11 is 0. The van der Waals surface area contributed by atoms with Gasteiger partial charge in [-0.15, -0.1) is 0 Å². The third-order valence-electron chi connectivity index (χ3n) is 4.51. The molecule has 3 rings (SSSR count). The maximum atomic E-state index is 5.78. The number of imidazole rings is 1. The lowest BCUT2D eigenvalue weighted by atomic mass is 10.1. The van der Waals surface area contributed by atoms with Crippen LogP contribution in [0.3, 0.4) is 0 Å². The van der Waals surface area contributed by atoms with E-state index in [1.807, 2.05) is 53.1 Å². The third kappa shape index (κ3) is 4.48. The van der Waals surface area contributed by atoms with Crippen LogP contribution in [0.25, 0.3) is 0 Å². The number of hydrogen-bond donors (Lipinski definition) is 1. The Hall–Kier alpha value is -2.60. The molecular weight excluding hydrogens is 314 g/mol. The molecule has 2 unspecified atom stereocenters. The fourth-order valence-corrected chi connectivity index (χ4v) is 2.59. The Labute approximate surface area is 148 Å². The highest BCUT2D eigenvalue weighted by molar-refractivity contribution is 5.27. The molecule has 3 aromatic rings. The van der Waals surface area contributed by atoms with E-state index in [9.17, 15) is 0 Å². The smallest absolute Gasteiger partial charge is 0.146 e. The van der Waals surface area contributed by atoms with E-state index in [0.717, 1.165) is 18.1 Å². The van der Waals surface area contributed by atoms with Gasteiger partial charge in [-0.2, -0.15) is 5.10 Å². The van der Waals surface area contributed by atoms with Crippen molar-refractivity contribution < 1.29 is 4.74 Å². The SMILES string of the molecule is CC(NCc1ccc(OCc2nccn2C)cc1)C(C)n1cccn1. The molecular formula is C19H25N5O. The van der Waals surface area contributed by atoms with E-state index in [1.165, 1.54) is 5.56 Å². The molecule has 25 heavy (non-hydrogen) atoms. The molecule has 1 aromatic carbocycles. The van der Waals surface area contributed by atoms with Crippen LogP contribution in [0.1, 0.15) is 31.3 Å². The van der Waals surface area contributed by atoms with Gasteiger partial charge in [0.05, 0.1) is 6.04 Å². The van der Waals surface area contributed by atoms with Gasteiger partial charge >= 0.3 is 0 Å². The number of aryl methyl sites for hydroxylation is 1. The summed E-state index contributed by atoms with van der Waals surface area (Å²) < 4.78 is 9.72. The van der Waals surface area contributed by atoms with Crippen molar-refractivity contribution in [3.8, 4) is 5.75 Å². The summed E-state index contributed by atoms with van der Waals surface area (Å²) in [6.45, 7) is 5.63. The van der Waals surface area contributed by atoms with Crippen molar-refractivity contribution in [3.63, 3.8) is 0 Å². The van der Waals surface area contributed by atoms with E-state index in [4.69, 9.17) is 4.74 Å². The second-order valence-corrected chi connectivity index (χ2v) is 6.28. The van der Waals surface area contributed by atoms with Gasteiger partial charge in [-0.05, 0) is 37.6 Å². The van der Waals surface area contributed by atoms with Crippen molar-refractivity contribution in [2.75, 3.05) is 0 Å². The Morgan fingerprint density at radius 3 is 2.56 bits per heavy atom. The lowest BCUT2D eigenvalue weighted by Gasteiger charge is -2.22. The van der Waals surface area contributed by atoms with Crippen molar-refractivity contribution in [3.05, 3.63) is 66.5 Å². The van der Waals surface area contributed by atoms with Crippen LogP contribution in [0.15, 0.2) is 55.1 Å². The predicted octanol–water partition coefficient (Wildman–Crippen LogP) is 2.93. The highest BCUT2D eigenvalue weighted by Gasteiger charge is 2.13. The fraction of sp³-hybridized carbons (Fsp3) is 0.368. The largest absolute Gasteiger partial charge is 0.486 e. The quantitative estimate of drug-likeness (QED) is 0.685. The van der Waals surface area contributed by atoms with Crippen molar-refractivity contribution in [1.29, 1.82) is 0 Å². The van der Waals surface area contributed by atoms with Crippen LogP contribution in [0.4, 0.5) is 0 Å². The molecule has 0 saturated heterocycles. The van der Waals surface area contributed by atoms with Gasteiger partial charge < -0.3 is 14.6 Å². The average Bonchev–Trinajstić information content (AvgIpc) is 3.30. The normalized spacial score (nSPS) is 13.6. The van der Waals surface area contributed by atoms with Crippen molar-refractivity contribution in [2.24, 2.45) is 7.05 Å². The average molecular weight is 339 g/mol. The monoisotopic (exact) mass is 339 g/mol. The first-order valence-corrected chi connectivity index (χ1v) is 8.54. The standard InChI is InChI=1S/C19H25N5O/c1-15(16(2)24-11-4-9-22-24)21-13-17-5-7-18(8-6-17)25-14-19-20-10-12-23(19)3/h4-12,15-16,21H,13-14H2,1-3H3. The van der Waals surface area contributed by atoms with E-state index in [0.29, 0.717) is 18.7 Å². The minimum Gasteiger partial charge on any atom is -0.486 e. The maximum absolute atomic E-state index is 5.78. The molecule has 0 aliphatic heterocycles. The Bertz CT molecular complexity index is 763. The molecule has 6 nitrogen and oxygen atoms in total. The molecule has 0 aliphatic carbocycles. The number of nitrogens with zero attached hydrogens (tertiary/aromatic N) is 4. The molecule has 2 aromatic heterocycles. The highest BCUT2D eigenvalue weighted by Crippen LogP contribution is 2.15. The molecule has 6 heteroatoms. The van der Waals surface area contributed by atoms with Crippen LogP contribution in [0.2, 0.25) is 0 Å². The van der Waals surface area contributed by atoms with Crippen LogP contribution in [0, 0.1) is 0 Å². The number of nitrogens with one attached hydrogen (secondary N) is 1. The third-order valence-corrected chi connectivity index (χ3v) is 4.51. The molecule has 0 saturated carbocycles. The molecule has 1 N–H and O–H groups in total. The highest BCUT2D eigenvalue weighted by atomic mass is 16.5. The minimum atomic E-state index is 0.301. The second-order valence-electron chi connectivity index (χ2n) is 6.28. The summed E-state index contributed by atoms with van der Waals surface area (Å²) in [4.78, 5) is 4.26. The minimum absolute atomic E-state index is 0.301. The van der Waals surface area contributed by atoms with Gasteiger partial charge in [0.15, 0.2) is 0 Å². The molecule has 0 bridgehead atoms. The van der Waals surface area contributed by atoms with Crippen LogP contribution in [-0.2, 0) is 20.2 Å². The first-order valence-electron chi connectivity index (χ1n) is 8.54. The van der Waals surface area contributed by atoms with E-state index in [-0.39, 0.29) is 0 Å². The Morgan fingerprint density at radius 1 is 1.12 bits per heavy atom. The topological polar surface area (TPSA) is 56.9 Å². The summed E-state index contributed by atoms with van der Waals surface area (Å²) in [5, 5.41) is 7.86. The zero-order valence-corrected chi connectivity index (χ0v) is 15.0. The number of benzene rings is 1. The van der Waals surface area contributed by atoms with Crippen LogP contribution in [-0.4, -0.2) is 25.4 Å². The van der Waals surface area contributed by atoms with Crippen molar-refractivity contribution >= 4 is 0 Å². The second kappa shape index (κ2) is 7.98. The number of aromatic nitrogens is 4. The van der Waals surface area contributed by atoms with Crippen LogP contribution in [0.5, 0.6) is 5.75 Å². The van der Waals surface area contributed by atoms with Crippen LogP contribution < -0.4 is 10.1 Å². The first kappa shape index (κ1) is 17.2. The van der Waals surface area contributed by atoms with Crippen molar-refractivity contribution in [2.45, 2.75) is 39.1 Å². The molecule has 0 fully saturated rings. The van der Waals surface area contributed by atoms with Gasteiger partial charge in [-0.1, -0.05) is 12.1 Å². The molecule has 0 spiro atoms. The van der Waals surface area contributed by atoms with E-state index in [1.54, 1.807) is 6.20 Å². The summed E-state index contributed by atoms with van der Waals surface area (Å²) in [6.07, 6.45) is 7.50. The van der Waals surface area contributed by atoms with E-state index >= 15 is 0 Å². The predicted molar refractivity (Wildman–Crippen MR) is 97.2 cm³/mol. The number of hydrogen-bond acceptors (Lipinski definition) is 4. The Balaban J connectivity index is 1.48. The Kier molecular flexibility index (Phi) is 5.50. The fourth-order valence-electron chi connectivity index (χ4n) is 2.59. The summed E-state index contributed by atoms with van der Waals surface area (Å²) in [5.41, 5.74) is 1.23. The van der Waals surface area contributed by atoms with Gasteiger partial charge in [0, 0.05) is 44.4 Å². The van der Waals surface area contributed by atoms with Gasteiger partial charge in [0.25, 0.3) is 0 Å². The summed E-state index contributed by atoms with van der Waals surface area (Å²) in [5.74, 6) is 1.76. The molecule has 0 aliphatic rings. The zero-order valence-electron chi connectivity index (χ0n) is 15.0. The summed E-state index contributed by atoms with van der Waals surface area (Å²) in [7, 11) is 1.96. The maximum Gasteiger partial charge on any atom is 0.146 e. The molecule has 2 atom stereocenters.